The molecule has 1 aliphatic rings. The van der Waals surface area contributed by atoms with Gasteiger partial charge in [0.15, 0.2) is 0 Å². The Balaban J connectivity index is 2.03. The fourth-order valence-electron chi connectivity index (χ4n) is 3.42. The minimum absolute atomic E-state index is 0.0652. The molecule has 0 spiro atoms. The summed E-state index contributed by atoms with van der Waals surface area (Å²) < 4.78 is 25.6. The molecule has 0 N–H and O–H groups in total. The zero-order chi connectivity index (χ0) is 20.1. The van der Waals surface area contributed by atoms with E-state index in [1.165, 1.54) is 6.07 Å². The van der Waals surface area contributed by atoms with Crippen molar-refractivity contribution >= 4 is 11.8 Å². The largest absolute Gasteiger partial charge is 0.378 e. The molecule has 0 bridgehead atoms. The molecule has 152 valence electrons. The van der Waals surface area contributed by atoms with Crippen molar-refractivity contribution in [1.82, 2.24) is 10.1 Å². The summed E-state index contributed by atoms with van der Waals surface area (Å²) in [5.41, 5.74) is 1.58. The van der Waals surface area contributed by atoms with E-state index < -0.39 is 0 Å². The summed E-state index contributed by atoms with van der Waals surface area (Å²) in [6, 6.07) is 6.51. The first kappa shape index (κ1) is 20.3. The van der Waals surface area contributed by atoms with Gasteiger partial charge in [-0.15, -0.1) is 0 Å². The fraction of sp³-hybridized carbons (Fsp3) is 0.524. The van der Waals surface area contributed by atoms with Gasteiger partial charge in [0.1, 0.15) is 11.5 Å². The summed E-state index contributed by atoms with van der Waals surface area (Å²) in [6.45, 7) is 9.31. The van der Waals surface area contributed by atoms with Crippen LogP contribution in [0.2, 0.25) is 0 Å². The monoisotopic (exact) mass is 389 g/mol. The number of aromatic nitrogens is 1. The summed E-state index contributed by atoms with van der Waals surface area (Å²) in [7, 11) is 0. The first-order valence-electron chi connectivity index (χ1n) is 9.87. The molecule has 2 aromatic rings. The highest BCUT2D eigenvalue weighted by Crippen LogP contribution is 2.34. The second-order valence-corrected chi connectivity index (χ2v) is 7.31. The van der Waals surface area contributed by atoms with E-state index in [1.54, 1.807) is 18.2 Å². The van der Waals surface area contributed by atoms with Gasteiger partial charge in [-0.1, -0.05) is 38.1 Å². The molecule has 0 atom stereocenters. The lowest BCUT2D eigenvalue weighted by Gasteiger charge is -2.29. The number of halogens is 1. The number of ether oxygens (including phenoxy) is 1. The van der Waals surface area contributed by atoms with E-state index >= 15 is 0 Å². The van der Waals surface area contributed by atoms with Crippen molar-refractivity contribution in [3.63, 3.8) is 0 Å². The Hall–Kier alpha value is -2.41. The van der Waals surface area contributed by atoms with E-state index in [0.29, 0.717) is 56.5 Å². The van der Waals surface area contributed by atoms with Crippen LogP contribution in [0.25, 0.3) is 11.3 Å². The number of hydrogen-bond donors (Lipinski definition) is 0. The van der Waals surface area contributed by atoms with Crippen molar-refractivity contribution < 1.29 is 18.4 Å². The number of anilines is 1. The quantitative estimate of drug-likeness (QED) is 0.722. The zero-order valence-corrected chi connectivity index (χ0v) is 16.8. The van der Waals surface area contributed by atoms with Crippen LogP contribution >= 0.6 is 0 Å². The third kappa shape index (κ3) is 4.35. The number of benzene rings is 1. The van der Waals surface area contributed by atoms with Crippen molar-refractivity contribution in [2.75, 3.05) is 37.7 Å². The summed E-state index contributed by atoms with van der Waals surface area (Å²) >= 11 is 0. The Kier molecular flexibility index (Phi) is 6.67. The number of amides is 1. The molecule has 1 amide bonds. The van der Waals surface area contributed by atoms with Crippen molar-refractivity contribution in [3.05, 3.63) is 35.6 Å². The maximum atomic E-state index is 14.5. The Morgan fingerprint density at radius 3 is 2.64 bits per heavy atom. The van der Waals surface area contributed by atoms with E-state index in [2.05, 4.69) is 10.1 Å². The molecular formula is C21H28FN3O3. The smallest absolute Gasteiger partial charge is 0.233 e. The molecular weight excluding hydrogens is 361 g/mol. The van der Waals surface area contributed by atoms with Gasteiger partial charge < -0.3 is 19.1 Å². The molecule has 6 nitrogen and oxygen atoms in total. The van der Waals surface area contributed by atoms with Gasteiger partial charge in [-0.3, -0.25) is 4.79 Å². The molecule has 28 heavy (non-hydrogen) atoms. The van der Waals surface area contributed by atoms with E-state index in [0.717, 1.165) is 12.0 Å². The van der Waals surface area contributed by atoms with Crippen molar-refractivity contribution in [3.8, 4) is 11.3 Å². The Bertz CT molecular complexity index is 800. The number of morpholine rings is 1. The Morgan fingerprint density at radius 1 is 1.29 bits per heavy atom. The number of carbonyl (C=O) groups excluding carboxylic acids is 1. The maximum Gasteiger partial charge on any atom is 0.233 e. The van der Waals surface area contributed by atoms with Crippen LogP contribution in [0, 0.1) is 11.7 Å². The number of hydrogen-bond acceptors (Lipinski definition) is 5. The normalized spacial score (nSPS) is 14.5. The van der Waals surface area contributed by atoms with Gasteiger partial charge in [-0.05, 0) is 18.6 Å². The molecule has 3 rings (SSSR count). The molecule has 1 fully saturated rings. The van der Waals surface area contributed by atoms with Crippen molar-refractivity contribution in [1.29, 1.82) is 0 Å². The zero-order valence-electron chi connectivity index (χ0n) is 16.8. The SMILES string of the molecule is CCCN(Cc1c(-c2ccccc2F)noc1N1CCOCC1)C(=O)C(C)C. The fourth-order valence-corrected chi connectivity index (χ4v) is 3.42. The van der Waals surface area contributed by atoms with Crippen LogP contribution in [0.3, 0.4) is 0 Å². The maximum absolute atomic E-state index is 14.5. The standard InChI is InChI=1S/C21H28FN3O3/c1-4-9-25(20(26)15(2)3)14-17-19(16-7-5-6-8-18(16)22)23-28-21(17)24-10-12-27-13-11-24/h5-8,15H,4,9-14H2,1-3H3. The van der Waals surface area contributed by atoms with Gasteiger partial charge in [0.05, 0.1) is 25.3 Å². The van der Waals surface area contributed by atoms with Gasteiger partial charge in [-0.25, -0.2) is 4.39 Å². The molecule has 0 unspecified atom stereocenters. The van der Waals surface area contributed by atoms with Crippen LogP contribution in [0.1, 0.15) is 32.8 Å². The Labute approximate surface area is 165 Å². The second-order valence-electron chi connectivity index (χ2n) is 7.31. The summed E-state index contributed by atoms with van der Waals surface area (Å²) in [5.74, 6) is 0.188. The summed E-state index contributed by atoms with van der Waals surface area (Å²) in [6.07, 6.45) is 0.839. The van der Waals surface area contributed by atoms with Gasteiger partial charge >= 0.3 is 0 Å². The third-order valence-electron chi connectivity index (χ3n) is 4.84. The third-order valence-corrected chi connectivity index (χ3v) is 4.84. The van der Waals surface area contributed by atoms with E-state index in [4.69, 9.17) is 9.26 Å². The average molecular weight is 389 g/mol. The van der Waals surface area contributed by atoms with Crippen molar-refractivity contribution in [2.45, 2.75) is 33.7 Å². The van der Waals surface area contributed by atoms with Crippen molar-refractivity contribution in [2.24, 2.45) is 5.92 Å². The van der Waals surface area contributed by atoms with Crippen LogP contribution in [0.15, 0.2) is 28.8 Å². The lowest BCUT2D eigenvalue weighted by molar-refractivity contribution is -0.135. The number of carbonyl (C=O) groups is 1. The second kappa shape index (κ2) is 9.19. The van der Waals surface area contributed by atoms with E-state index in [1.807, 2.05) is 25.7 Å². The molecule has 1 aromatic heterocycles. The van der Waals surface area contributed by atoms with E-state index in [-0.39, 0.29) is 17.6 Å². The minimum Gasteiger partial charge on any atom is -0.378 e. The molecule has 1 aliphatic heterocycles. The van der Waals surface area contributed by atoms with Gasteiger partial charge in [-0.2, -0.15) is 0 Å². The van der Waals surface area contributed by atoms with Gasteiger partial charge in [0.25, 0.3) is 0 Å². The highest BCUT2D eigenvalue weighted by molar-refractivity contribution is 5.79. The molecule has 1 aromatic carbocycles. The average Bonchev–Trinajstić information content (AvgIpc) is 3.11. The first-order valence-corrected chi connectivity index (χ1v) is 9.87. The van der Waals surface area contributed by atoms with Crippen LogP contribution < -0.4 is 4.90 Å². The number of rotatable bonds is 7. The molecule has 7 heteroatoms. The van der Waals surface area contributed by atoms with Gasteiger partial charge in [0.2, 0.25) is 11.8 Å². The summed E-state index contributed by atoms with van der Waals surface area (Å²) in [5, 5.41) is 4.20. The summed E-state index contributed by atoms with van der Waals surface area (Å²) in [4.78, 5) is 16.6. The van der Waals surface area contributed by atoms with Gasteiger partial charge in [0, 0.05) is 31.1 Å². The van der Waals surface area contributed by atoms with Crippen LogP contribution in [-0.2, 0) is 16.1 Å². The van der Waals surface area contributed by atoms with E-state index in [9.17, 15) is 9.18 Å². The Morgan fingerprint density at radius 2 is 2.00 bits per heavy atom. The first-order chi connectivity index (χ1) is 13.5. The van der Waals surface area contributed by atoms with Crippen LogP contribution in [0.5, 0.6) is 0 Å². The highest BCUT2D eigenvalue weighted by Gasteiger charge is 2.28. The lowest BCUT2D eigenvalue weighted by atomic mass is 10.0. The highest BCUT2D eigenvalue weighted by atomic mass is 19.1. The van der Waals surface area contributed by atoms with Crippen LogP contribution in [-0.4, -0.2) is 48.8 Å². The molecule has 0 radical (unpaired) electrons. The van der Waals surface area contributed by atoms with Crippen LogP contribution in [0.4, 0.5) is 10.3 Å². The predicted octanol–water partition coefficient (Wildman–Crippen LogP) is 3.71. The topological polar surface area (TPSA) is 58.8 Å². The lowest BCUT2D eigenvalue weighted by Crippen LogP contribution is -2.38. The predicted molar refractivity (Wildman–Crippen MR) is 105 cm³/mol. The molecule has 2 heterocycles. The molecule has 0 aliphatic carbocycles. The number of nitrogens with zero attached hydrogens (tertiary/aromatic N) is 3. The minimum atomic E-state index is -0.359. The molecule has 0 saturated carbocycles. The molecule has 1 saturated heterocycles.